The zero-order valence-corrected chi connectivity index (χ0v) is 14.6. The fourth-order valence-corrected chi connectivity index (χ4v) is 4.40. The summed E-state index contributed by atoms with van der Waals surface area (Å²) < 4.78 is 1.15. The first-order valence-corrected chi connectivity index (χ1v) is 9.18. The molecule has 0 saturated carbocycles. The summed E-state index contributed by atoms with van der Waals surface area (Å²) >= 11 is 6.94. The Morgan fingerprint density at radius 2 is 2.20 bits per heavy atom. The first kappa shape index (κ1) is 15.7. The highest BCUT2D eigenvalue weighted by Crippen LogP contribution is 2.23. The van der Waals surface area contributed by atoms with E-state index in [0.717, 1.165) is 23.0 Å². The molecule has 0 aliphatic rings. The molecule has 0 aliphatic carbocycles. The van der Waals surface area contributed by atoms with Gasteiger partial charge in [-0.25, -0.2) is 0 Å². The predicted octanol–water partition coefficient (Wildman–Crippen LogP) is 4.64. The highest BCUT2D eigenvalue weighted by molar-refractivity contribution is 9.11. The Kier molecular flexibility index (Phi) is 6.26. The van der Waals surface area contributed by atoms with Crippen molar-refractivity contribution in [1.29, 1.82) is 0 Å². The molecule has 20 heavy (non-hydrogen) atoms. The monoisotopic (exact) mass is 371 g/mol. The maximum atomic E-state index is 11.9. The number of carbonyl (C=O) groups excluding carboxylic acids is 1. The van der Waals surface area contributed by atoms with Crippen LogP contribution in [0, 0.1) is 0 Å². The molecule has 1 amide bonds. The molecule has 1 atom stereocenters. The average molecular weight is 372 g/mol. The lowest BCUT2D eigenvalue weighted by atomic mass is 10.1. The normalized spacial score (nSPS) is 12.3. The van der Waals surface area contributed by atoms with E-state index in [9.17, 15) is 4.79 Å². The Bertz CT molecular complexity index is 536. The lowest BCUT2D eigenvalue weighted by Crippen LogP contribution is -2.33. The average Bonchev–Trinajstić information content (AvgIpc) is 3.01. The van der Waals surface area contributed by atoms with E-state index in [-0.39, 0.29) is 11.9 Å². The topological polar surface area (TPSA) is 29.1 Å². The van der Waals surface area contributed by atoms with E-state index in [1.807, 2.05) is 6.07 Å². The van der Waals surface area contributed by atoms with E-state index >= 15 is 0 Å². The Labute approximate surface area is 136 Å². The third-order valence-electron chi connectivity index (χ3n) is 2.95. The molecule has 0 aromatic carbocycles. The predicted molar refractivity (Wildman–Crippen MR) is 90.6 cm³/mol. The molecule has 0 aliphatic heterocycles. The summed E-state index contributed by atoms with van der Waals surface area (Å²) in [4.78, 5) is 14.5. The molecule has 2 rings (SSSR count). The number of carbonyl (C=O) groups is 1. The second-order valence-electron chi connectivity index (χ2n) is 4.81. The number of amides is 1. The highest BCUT2D eigenvalue weighted by atomic mass is 79.9. The van der Waals surface area contributed by atoms with Gasteiger partial charge >= 0.3 is 0 Å². The summed E-state index contributed by atoms with van der Waals surface area (Å²) in [6.45, 7) is 2.06. The molecule has 2 nitrogen and oxygen atoms in total. The fraction of sp³-hybridized carbons (Fsp3) is 0.400. The van der Waals surface area contributed by atoms with Gasteiger partial charge in [-0.3, -0.25) is 4.79 Å². The number of aryl methyl sites for hydroxylation is 1. The highest BCUT2D eigenvalue weighted by Gasteiger charge is 2.09. The van der Waals surface area contributed by atoms with Gasteiger partial charge in [0, 0.05) is 28.6 Å². The maximum absolute atomic E-state index is 11.9. The molecular weight excluding hydrogens is 354 g/mol. The van der Waals surface area contributed by atoms with Crippen LogP contribution in [-0.2, 0) is 17.6 Å². The van der Waals surface area contributed by atoms with Crippen LogP contribution in [0.4, 0.5) is 0 Å². The zero-order chi connectivity index (χ0) is 14.4. The van der Waals surface area contributed by atoms with Crippen LogP contribution in [0.25, 0.3) is 0 Å². The van der Waals surface area contributed by atoms with Crippen LogP contribution in [-0.4, -0.2) is 11.9 Å². The summed E-state index contributed by atoms with van der Waals surface area (Å²) in [6.07, 6.45) is 3.40. The summed E-state index contributed by atoms with van der Waals surface area (Å²) in [7, 11) is 0. The van der Waals surface area contributed by atoms with Gasteiger partial charge < -0.3 is 5.32 Å². The fourth-order valence-electron chi connectivity index (χ4n) is 2.04. The van der Waals surface area contributed by atoms with Gasteiger partial charge in [0.1, 0.15) is 0 Å². The standard InChI is InChI=1S/C15H18BrNOS2/c1-11(10-13-5-3-9-19-13)17-15(18)6-2-4-12-7-8-14(16)20-12/h3,5,7-9,11H,2,4,6,10H2,1H3,(H,17,18). The van der Waals surface area contributed by atoms with Gasteiger partial charge in [0.15, 0.2) is 0 Å². The third-order valence-corrected chi connectivity index (χ3v) is 5.53. The second kappa shape index (κ2) is 7.96. The van der Waals surface area contributed by atoms with Gasteiger partial charge in [-0.2, -0.15) is 0 Å². The van der Waals surface area contributed by atoms with E-state index in [1.165, 1.54) is 9.75 Å². The molecule has 2 aromatic heterocycles. The molecule has 0 spiro atoms. The Hall–Kier alpha value is -0.650. The molecule has 5 heteroatoms. The van der Waals surface area contributed by atoms with Crippen molar-refractivity contribution in [2.45, 2.75) is 38.6 Å². The number of rotatable bonds is 7. The zero-order valence-electron chi connectivity index (χ0n) is 11.4. The molecule has 0 bridgehead atoms. The van der Waals surface area contributed by atoms with Crippen LogP contribution < -0.4 is 5.32 Å². The minimum absolute atomic E-state index is 0.157. The van der Waals surface area contributed by atoms with Crippen LogP contribution in [0.15, 0.2) is 33.4 Å². The molecule has 0 radical (unpaired) electrons. The lowest BCUT2D eigenvalue weighted by Gasteiger charge is -2.12. The van der Waals surface area contributed by atoms with Crippen molar-refractivity contribution in [2.75, 3.05) is 0 Å². The van der Waals surface area contributed by atoms with Crippen molar-refractivity contribution in [3.63, 3.8) is 0 Å². The van der Waals surface area contributed by atoms with Crippen LogP contribution in [0.3, 0.4) is 0 Å². The van der Waals surface area contributed by atoms with E-state index in [1.54, 1.807) is 22.7 Å². The van der Waals surface area contributed by atoms with Crippen molar-refractivity contribution < 1.29 is 4.79 Å². The molecule has 2 aromatic rings. The van der Waals surface area contributed by atoms with Crippen molar-refractivity contribution in [1.82, 2.24) is 5.32 Å². The van der Waals surface area contributed by atoms with Crippen molar-refractivity contribution in [3.8, 4) is 0 Å². The number of thiophene rings is 2. The Balaban J connectivity index is 1.64. The van der Waals surface area contributed by atoms with Crippen LogP contribution in [0.2, 0.25) is 0 Å². The number of hydrogen-bond acceptors (Lipinski definition) is 3. The van der Waals surface area contributed by atoms with Crippen molar-refractivity contribution in [3.05, 3.63) is 43.2 Å². The summed E-state index contributed by atoms with van der Waals surface area (Å²) in [5, 5.41) is 5.14. The van der Waals surface area contributed by atoms with E-state index < -0.39 is 0 Å². The quantitative estimate of drug-likeness (QED) is 0.754. The van der Waals surface area contributed by atoms with Crippen LogP contribution in [0.5, 0.6) is 0 Å². The number of halogens is 1. The molecule has 1 unspecified atom stereocenters. The minimum atomic E-state index is 0.157. The summed E-state index contributed by atoms with van der Waals surface area (Å²) in [5.41, 5.74) is 0. The SMILES string of the molecule is CC(Cc1cccs1)NC(=O)CCCc1ccc(Br)s1. The number of nitrogens with one attached hydrogen (secondary N) is 1. The van der Waals surface area contributed by atoms with Gasteiger partial charge in [-0.1, -0.05) is 6.07 Å². The minimum Gasteiger partial charge on any atom is -0.353 e. The summed E-state index contributed by atoms with van der Waals surface area (Å²) in [5.74, 6) is 0.157. The molecule has 0 fully saturated rings. The third kappa shape index (κ3) is 5.38. The van der Waals surface area contributed by atoms with Crippen molar-refractivity contribution >= 4 is 44.5 Å². The van der Waals surface area contributed by atoms with Crippen LogP contribution in [0.1, 0.15) is 29.5 Å². The largest absolute Gasteiger partial charge is 0.353 e. The van der Waals surface area contributed by atoms with Gasteiger partial charge in [0.25, 0.3) is 0 Å². The molecule has 0 saturated heterocycles. The molecule has 2 heterocycles. The van der Waals surface area contributed by atoms with Gasteiger partial charge in [0.2, 0.25) is 5.91 Å². The first-order valence-electron chi connectivity index (χ1n) is 6.69. The van der Waals surface area contributed by atoms with Crippen molar-refractivity contribution in [2.24, 2.45) is 0 Å². The molecular formula is C15H18BrNOS2. The first-order chi connectivity index (χ1) is 9.63. The maximum Gasteiger partial charge on any atom is 0.220 e. The lowest BCUT2D eigenvalue weighted by molar-refractivity contribution is -0.121. The molecule has 1 N–H and O–H groups in total. The second-order valence-corrected chi connectivity index (χ2v) is 8.39. The summed E-state index contributed by atoms with van der Waals surface area (Å²) in [6, 6.07) is 8.54. The Morgan fingerprint density at radius 1 is 1.35 bits per heavy atom. The van der Waals surface area contributed by atoms with E-state index in [2.05, 4.69) is 51.7 Å². The smallest absolute Gasteiger partial charge is 0.220 e. The number of hydrogen-bond donors (Lipinski definition) is 1. The molecule has 108 valence electrons. The van der Waals surface area contributed by atoms with E-state index in [4.69, 9.17) is 0 Å². The van der Waals surface area contributed by atoms with Gasteiger partial charge in [-0.05, 0) is 59.3 Å². The van der Waals surface area contributed by atoms with Gasteiger partial charge in [0.05, 0.1) is 3.79 Å². The van der Waals surface area contributed by atoms with Gasteiger partial charge in [-0.15, -0.1) is 22.7 Å². The Morgan fingerprint density at radius 3 is 2.85 bits per heavy atom. The van der Waals surface area contributed by atoms with E-state index in [0.29, 0.717) is 6.42 Å². The van der Waals surface area contributed by atoms with Crippen LogP contribution >= 0.6 is 38.6 Å².